The van der Waals surface area contributed by atoms with Gasteiger partial charge >= 0.3 is 0 Å². The number of amides is 1. The van der Waals surface area contributed by atoms with Gasteiger partial charge in [-0.2, -0.15) is 0 Å². The van der Waals surface area contributed by atoms with Crippen LogP contribution in [0.5, 0.6) is 0 Å². The number of aromatic nitrogens is 2. The topological polar surface area (TPSA) is 89.0 Å². The van der Waals surface area contributed by atoms with Gasteiger partial charge in [-0.15, -0.1) is 0 Å². The lowest BCUT2D eigenvalue weighted by atomic mass is 10.6. The van der Waals surface area contributed by atoms with Gasteiger partial charge < -0.3 is 5.32 Å². The largest absolute Gasteiger partial charge is 0.309 e. The van der Waals surface area contributed by atoms with Gasteiger partial charge in [0, 0.05) is 6.26 Å². The van der Waals surface area contributed by atoms with Crippen molar-refractivity contribution in [2.75, 3.05) is 17.3 Å². The third-order valence-electron chi connectivity index (χ3n) is 1.28. The number of halogens is 1. The van der Waals surface area contributed by atoms with Gasteiger partial charge in [-0.3, -0.25) is 4.79 Å². The number of hydrogen-bond acceptors (Lipinski definition) is 5. The molecule has 1 aromatic rings. The average molecular weight is 250 g/mol. The van der Waals surface area contributed by atoms with Crippen molar-refractivity contribution in [1.82, 2.24) is 9.97 Å². The van der Waals surface area contributed by atoms with E-state index in [1.165, 1.54) is 12.4 Å². The van der Waals surface area contributed by atoms with Crippen LogP contribution in [0.4, 0.5) is 5.82 Å². The summed E-state index contributed by atoms with van der Waals surface area (Å²) in [5.41, 5.74) is 0. The molecule has 0 saturated carbocycles. The molecule has 1 aromatic heterocycles. The first kappa shape index (κ1) is 11.9. The van der Waals surface area contributed by atoms with Crippen molar-refractivity contribution in [3.05, 3.63) is 17.5 Å². The molecule has 0 bridgehead atoms. The molecule has 1 N–H and O–H groups in total. The van der Waals surface area contributed by atoms with Crippen molar-refractivity contribution in [2.45, 2.75) is 0 Å². The standard InChI is InChI=1S/C7H8ClN3O3S/c1-15(13,14)4-7(12)11-6-3-9-5(8)2-10-6/h2-3H,4H2,1H3,(H,10,11,12). The monoisotopic (exact) mass is 249 g/mol. The summed E-state index contributed by atoms with van der Waals surface area (Å²) in [6, 6.07) is 0. The van der Waals surface area contributed by atoms with Crippen LogP contribution < -0.4 is 5.32 Å². The van der Waals surface area contributed by atoms with E-state index in [0.29, 0.717) is 0 Å². The van der Waals surface area contributed by atoms with E-state index in [4.69, 9.17) is 11.6 Å². The van der Waals surface area contributed by atoms with E-state index in [9.17, 15) is 13.2 Å². The third-order valence-corrected chi connectivity index (χ3v) is 2.26. The van der Waals surface area contributed by atoms with Gasteiger partial charge in [0.1, 0.15) is 10.9 Å². The molecule has 15 heavy (non-hydrogen) atoms. The van der Waals surface area contributed by atoms with Crippen LogP contribution >= 0.6 is 11.6 Å². The van der Waals surface area contributed by atoms with Crippen molar-refractivity contribution in [3.63, 3.8) is 0 Å². The third kappa shape index (κ3) is 4.71. The molecule has 0 aliphatic carbocycles. The maximum atomic E-state index is 11.1. The van der Waals surface area contributed by atoms with Crippen LogP contribution in [-0.2, 0) is 14.6 Å². The molecule has 0 aromatic carbocycles. The number of nitrogens with zero attached hydrogens (tertiary/aromatic N) is 2. The van der Waals surface area contributed by atoms with Gasteiger partial charge in [0.05, 0.1) is 12.4 Å². The van der Waals surface area contributed by atoms with E-state index >= 15 is 0 Å². The Bertz CT molecular complexity index is 457. The lowest BCUT2D eigenvalue weighted by Gasteiger charge is -2.02. The quantitative estimate of drug-likeness (QED) is 0.822. The van der Waals surface area contributed by atoms with Crippen LogP contribution in [0.25, 0.3) is 0 Å². The zero-order chi connectivity index (χ0) is 11.5. The number of carbonyl (C=O) groups is 1. The molecule has 1 heterocycles. The highest BCUT2D eigenvalue weighted by Crippen LogP contribution is 2.04. The van der Waals surface area contributed by atoms with Crippen molar-refractivity contribution in [1.29, 1.82) is 0 Å². The second kappa shape index (κ2) is 4.54. The smallest absolute Gasteiger partial charge is 0.240 e. The second-order valence-corrected chi connectivity index (χ2v) is 5.37. The van der Waals surface area contributed by atoms with E-state index in [2.05, 4.69) is 15.3 Å². The van der Waals surface area contributed by atoms with E-state index < -0.39 is 21.5 Å². The minimum atomic E-state index is -3.34. The first-order valence-corrected chi connectivity index (χ1v) is 6.26. The Morgan fingerprint density at radius 3 is 2.60 bits per heavy atom. The van der Waals surface area contributed by atoms with Crippen LogP contribution in [0.1, 0.15) is 0 Å². The zero-order valence-electron chi connectivity index (χ0n) is 7.77. The Morgan fingerprint density at radius 2 is 2.13 bits per heavy atom. The van der Waals surface area contributed by atoms with Crippen molar-refractivity contribution in [2.24, 2.45) is 0 Å². The fourth-order valence-electron chi connectivity index (χ4n) is 0.794. The number of hydrogen-bond donors (Lipinski definition) is 1. The van der Waals surface area contributed by atoms with Crippen LogP contribution in [-0.4, -0.2) is 36.3 Å². The number of anilines is 1. The number of rotatable bonds is 3. The summed E-state index contributed by atoms with van der Waals surface area (Å²) in [7, 11) is -3.34. The highest BCUT2D eigenvalue weighted by molar-refractivity contribution is 7.91. The molecule has 6 nitrogen and oxygen atoms in total. The number of carbonyl (C=O) groups excluding carboxylic acids is 1. The van der Waals surface area contributed by atoms with Crippen LogP contribution in [0.3, 0.4) is 0 Å². The molecule has 0 aliphatic heterocycles. The molecular weight excluding hydrogens is 242 g/mol. The van der Waals surface area contributed by atoms with Crippen LogP contribution in [0, 0.1) is 0 Å². The van der Waals surface area contributed by atoms with E-state index in [1.54, 1.807) is 0 Å². The Morgan fingerprint density at radius 1 is 1.47 bits per heavy atom. The predicted octanol–water partition coefficient (Wildman–Crippen LogP) is 0.113. The highest BCUT2D eigenvalue weighted by atomic mass is 35.5. The molecule has 82 valence electrons. The molecule has 0 radical (unpaired) electrons. The lowest BCUT2D eigenvalue weighted by molar-refractivity contribution is -0.113. The molecule has 0 unspecified atom stereocenters. The van der Waals surface area contributed by atoms with Gasteiger partial charge in [-0.05, 0) is 0 Å². The Hall–Kier alpha value is -1.21. The molecule has 0 atom stereocenters. The first-order valence-electron chi connectivity index (χ1n) is 3.82. The highest BCUT2D eigenvalue weighted by Gasteiger charge is 2.11. The number of sulfone groups is 1. The molecule has 0 aliphatic rings. The summed E-state index contributed by atoms with van der Waals surface area (Å²) in [6.45, 7) is 0. The summed E-state index contributed by atoms with van der Waals surface area (Å²) in [6.07, 6.45) is 3.46. The molecule has 0 fully saturated rings. The van der Waals surface area contributed by atoms with Gasteiger partial charge in [-0.25, -0.2) is 18.4 Å². The van der Waals surface area contributed by atoms with E-state index in [0.717, 1.165) is 6.26 Å². The average Bonchev–Trinajstić information content (AvgIpc) is 2.05. The van der Waals surface area contributed by atoms with Crippen LogP contribution in [0.15, 0.2) is 12.4 Å². The lowest BCUT2D eigenvalue weighted by Crippen LogP contribution is -2.22. The summed E-state index contributed by atoms with van der Waals surface area (Å²) in [5.74, 6) is -1.08. The van der Waals surface area contributed by atoms with E-state index in [-0.39, 0.29) is 11.0 Å². The normalized spacial score (nSPS) is 11.1. The first-order chi connectivity index (χ1) is 6.87. The van der Waals surface area contributed by atoms with Crippen molar-refractivity contribution < 1.29 is 13.2 Å². The minimum Gasteiger partial charge on any atom is -0.309 e. The fourth-order valence-corrected chi connectivity index (χ4v) is 1.44. The van der Waals surface area contributed by atoms with Crippen LogP contribution in [0.2, 0.25) is 5.15 Å². The van der Waals surface area contributed by atoms with E-state index in [1.807, 2.05) is 0 Å². The van der Waals surface area contributed by atoms with Gasteiger partial charge in [0.15, 0.2) is 15.7 Å². The summed E-state index contributed by atoms with van der Waals surface area (Å²) in [5, 5.41) is 2.47. The molecular formula is C7H8ClN3O3S. The van der Waals surface area contributed by atoms with Gasteiger partial charge in [0.25, 0.3) is 0 Å². The predicted molar refractivity (Wildman–Crippen MR) is 55.4 cm³/mol. The minimum absolute atomic E-state index is 0.160. The Kier molecular flexibility index (Phi) is 3.59. The van der Waals surface area contributed by atoms with Gasteiger partial charge in [0.2, 0.25) is 5.91 Å². The number of nitrogens with one attached hydrogen (secondary N) is 1. The molecule has 0 spiro atoms. The molecule has 0 saturated heterocycles. The Balaban J connectivity index is 2.63. The maximum absolute atomic E-state index is 11.1. The molecule has 8 heteroatoms. The summed E-state index contributed by atoms with van der Waals surface area (Å²) >= 11 is 5.47. The summed E-state index contributed by atoms with van der Waals surface area (Å²) in [4.78, 5) is 18.5. The fraction of sp³-hybridized carbons (Fsp3) is 0.286. The molecule has 1 amide bonds. The summed E-state index contributed by atoms with van der Waals surface area (Å²) < 4.78 is 21.5. The SMILES string of the molecule is CS(=O)(=O)CC(=O)Nc1cnc(Cl)cn1. The van der Waals surface area contributed by atoms with Gasteiger partial charge in [-0.1, -0.05) is 11.6 Å². The van der Waals surface area contributed by atoms with Crippen molar-refractivity contribution in [3.8, 4) is 0 Å². The maximum Gasteiger partial charge on any atom is 0.240 e. The second-order valence-electron chi connectivity index (χ2n) is 2.84. The Labute approximate surface area is 91.6 Å². The molecule has 1 rings (SSSR count). The van der Waals surface area contributed by atoms with Crippen molar-refractivity contribution >= 4 is 33.2 Å². The zero-order valence-corrected chi connectivity index (χ0v) is 9.34.